The second-order valence-electron chi connectivity index (χ2n) is 9.26. The molecule has 1 saturated carbocycles. The molecule has 1 unspecified atom stereocenters. The summed E-state index contributed by atoms with van der Waals surface area (Å²) in [5, 5.41) is 6.74. The van der Waals surface area contributed by atoms with Gasteiger partial charge in [-0.1, -0.05) is 6.08 Å². The van der Waals surface area contributed by atoms with Gasteiger partial charge in [-0.3, -0.25) is 14.6 Å². The molecule has 3 N–H and O–H groups in total. The molecule has 2 aliphatic rings. The number of methoxy groups -OCH3 is 1. The summed E-state index contributed by atoms with van der Waals surface area (Å²) in [5.74, 6) is -0.161. The van der Waals surface area contributed by atoms with Gasteiger partial charge in [0, 0.05) is 50.1 Å². The summed E-state index contributed by atoms with van der Waals surface area (Å²) < 4.78 is 38.8. The van der Waals surface area contributed by atoms with E-state index in [2.05, 4.69) is 22.2 Å². The quantitative estimate of drug-likeness (QED) is 0.412. The number of hydrogen-bond acceptors (Lipinski definition) is 8. The van der Waals surface area contributed by atoms with Crippen LogP contribution in [0.2, 0.25) is 0 Å². The van der Waals surface area contributed by atoms with E-state index in [0.717, 1.165) is 26.5 Å². The summed E-state index contributed by atoms with van der Waals surface area (Å²) in [5.41, 5.74) is 0.334. The number of amides is 2. The lowest BCUT2D eigenvalue weighted by Gasteiger charge is -2.22. The third-order valence-corrected chi connectivity index (χ3v) is 8.15. The third kappa shape index (κ3) is 4.75. The molecule has 1 aromatic carbocycles. The molecule has 36 heavy (non-hydrogen) atoms. The molecule has 2 heterocycles. The predicted octanol–water partition coefficient (Wildman–Crippen LogP) is 0.645. The van der Waals surface area contributed by atoms with Crippen LogP contribution in [0, 0.1) is 12.8 Å². The molecule has 1 saturated heterocycles. The van der Waals surface area contributed by atoms with E-state index in [0.29, 0.717) is 18.7 Å². The van der Waals surface area contributed by atoms with Crippen LogP contribution in [0.4, 0.5) is 0 Å². The highest BCUT2D eigenvalue weighted by molar-refractivity contribution is 7.87. The number of nitrogens with one attached hydrogen (secondary N) is 3. The Balaban J connectivity index is 1.43. The molecule has 4 atom stereocenters. The van der Waals surface area contributed by atoms with Gasteiger partial charge in [-0.05, 0) is 31.5 Å². The van der Waals surface area contributed by atoms with Crippen LogP contribution in [0.25, 0.3) is 10.9 Å². The maximum atomic E-state index is 13.1. The second-order valence-corrected chi connectivity index (χ2v) is 11.1. The fraction of sp³-hybridized carbons (Fsp3) is 0.458. The molecular formula is C24H31N5O6S. The summed E-state index contributed by atoms with van der Waals surface area (Å²) in [6.45, 7) is 6.05. The van der Waals surface area contributed by atoms with Gasteiger partial charge in [0.1, 0.15) is 23.1 Å². The number of aryl methyl sites for hydroxylation is 1. The van der Waals surface area contributed by atoms with E-state index >= 15 is 0 Å². The van der Waals surface area contributed by atoms with Crippen molar-refractivity contribution in [3.63, 3.8) is 0 Å². The zero-order valence-electron chi connectivity index (χ0n) is 20.7. The van der Waals surface area contributed by atoms with Crippen LogP contribution >= 0.6 is 0 Å². The summed E-state index contributed by atoms with van der Waals surface area (Å²) in [4.78, 5) is 30.3. The predicted molar refractivity (Wildman–Crippen MR) is 134 cm³/mol. The topological polar surface area (TPSA) is 139 Å². The lowest BCUT2D eigenvalue weighted by atomic mass is 10.1. The zero-order chi connectivity index (χ0) is 26.3. The lowest BCUT2D eigenvalue weighted by molar-refractivity contribution is -0.130. The number of hydrogen-bond donors (Lipinski definition) is 3. The molecule has 4 rings (SSSR count). The van der Waals surface area contributed by atoms with Gasteiger partial charge >= 0.3 is 10.2 Å². The van der Waals surface area contributed by atoms with E-state index in [1.54, 1.807) is 25.4 Å². The van der Waals surface area contributed by atoms with Crippen molar-refractivity contribution < 1.29 is 27.5 Å². The summed E-state index contributed by atoms with van der Waals surface area (Å²) in [6.07, 6.45) is 3.57. The maximum Gasteiger partial charge on any atom is 0.303 e. The smallest absolute Gasteiger partial charge is 0.303 e. The average molecular weight is 518 g/mol. The Bertz CT molecular complexity index is 1310. The highest BCUT2D eigenvalue weighted by atomic mass is 32.2. The molecule has 1 aliphatic heterocycles. The lowest BCUT2D eigenvalue weighted by Crippen LogP contribution is -2.56. The SMILES string of the molecule is C=C[C@@H]1C[C@]1(NC(=O)[C@@H]1CC(Oc2ccnc3c(C)c(OC)ccc23)CN1)C(=O)NS(=O)(=O)N(C)C. The molecule has 2 amide bonds. The van der Waals surface area contributed by atoms with Crippen LogP contribution in [-0.4, -0.2) is 75.0 Å². The van der Waals surface area contributed by atoms with Crippen molar-refractivity contribution in [1.29, 1.82) is 0 Å². The number of ether oxygens (including phenoxy) is 2. The average Bonchev–Trinajstić information content (AvgIpc) is 3.35. The van der Waals surface area contributed by atoms with Crippen LogP contribution in [0.15, 0.2) is 37.1 Å². The monoisotopic (exact) mass is 517 g/mol. The Labute approximate surface area is 210 Å². The molecule has 2 aromatic rings. The van der Waals surface area contributed by atoms with Crippen LogP contribution in [-0.2, 0) is 19.8 Å². The molecule has 0 radical (unpaired) electrons. The maximum absolute atomic E-state index is 13.1. The molecule has 0 spiro atoms. The Morgan fingerprint density at radius 2 is 2.03 bits per heavy atom. The molecule has 194 valence electrons. The van der Waals surface area contributed by atoms with Crippen molar-refractivity contribution in [3.05, 3.63) is 42.6 Å². The van der Waals surface area contributed by atoms with Crippen molar-refractivity contribution in [2.75, 3.05) is 27.7 Å². The zero-order valence-corrected chi connectivity index (χ0v) is 21.5. The van der Waals surface area contributed by atoms with E-state index in [9.17, 15) is 18.0 Å². The van der Waals surface area contributed by atoms with E-state index in [4.69, 9.17) is 9.47 Å². The van der Waals surface area contributed by atoms with Crippen molar-refractivity contribution >= 4 is 32.9 Å². The molecule has 2 fully saturated rings. The number of fused-ring (bicyclic) bond motifs is 1. The van der Waals surface area contributed by atoms with Crippen molar-refractivity contribution in [2.24, 2.45) is 5.92 Å². The van der Waals surface area contributed by atoms with Crippen molar-refractivity contribution in [3.8, 4) is 11.5 Å². The summed E-state index contributed by atoms with van der Waals surface area (Å²) in [6, 6.07) is 4.93. The van der Waals surface area contributed by atoms with Crippen LogP contribution in [0.5, 0.6) is 11.5 Å². The van der Waals surface area contributed by atoms with Gasteiger partial charge in [0.05, 0.1) is 18.7 Å². The molecule has 11 nitrogen and oxygen atoms in total. The molecule has 0 bridgehead atoms. The summed E-state index contributed by atoms with van der Waals surface area (Å²) >= 11 is 0. The minimum Gasteiger partial charge on any atom is -0.496 e. The Morgan fingerprint density at radius 3 is 2.67 bits per heavy atom. The first-order chi connectivity index (χ1) is 17.0. The minimum absolute atomic E-state index is 0.273. The Morgan fingerprint density at radius 1 is 1.28 bits per heavy atom. The van der Waals surface area contributed by atoms with Gasteiger partial charge in [0.2, 0.25) is 5.91 Å². The number of rotatable bonds is 9. The number of carbonyl (C=O) groups excluding carboxylic acids is 2. The fourth-order valence-electron chi connectivity index (χ4n) is 4.45. The van der Waals surface area contributed by atoms with Gasteiger partial charge in [0.25, 0.3) is 5.91 Å². The van der Waals surface area contributed by atoms with E-state index in [1.165, 1.54) is 14.1 Å². The van der Waals surface area contributed by atoms with Crippen LogP contribution < -0.4 is 24.8 Å². The number of carbonyl (C=O) groups is 2. The second kappa shape index (κ2) is 9.68. The number of nitrogens with zero attached hydrogens (tertiary/aromatic N) is 2. The van der Waals surface area contributed by atoms with Crippen molar-refractivity contribution in [1.82, 2.24) is 24.6 Å². The molecular weight excluding hydrogens is 486 g/mol. The standard InChI is InChI=1S/C24H31N5O6S/c1-6-15-12-24(15,23(31)28-36(32,33)29(3)4)27-22(30)18-11-16(13-26-18)35-20-9-10-25-21-14(2)19(34-5)8-7-17(20)21/h6-10,15-16,18,26H,1,11-13H2,2-5H3,(H,27,30)(H,28,31)/t15-,16?,18+,24-/m1/s1. The van der Waals surface area contributed by atoms with E-state index in [1.807, 2.05) is 23.8 Å². The Kier molecular flexibility index (Phi) is 6.95. The van der Waals surface area contributed by atoms with Gasteiger partial charge < -0.3 is 20.1 Å². The normalized spacial score (nSPS) is 25.4. The van der Waals surface area contributed by atoms with E-state index in [-0.39, 0.29) is 18.4 Å². The number of aromatic nitrogens is 1. The van der Waals surface area contributed by atoms with Gasteiger partial charge in [0.15, 0.2) is 0 Å². The first kappa shape index (κ1) is 25.9. The van der Waals surface area contributed by atoms with Gasteiger partial charge in [-0.2, -0.15) is 12.7 Å². The largest absolute Gasteiger partial charge is 0.496 e. The first-order valence-corrected chi connectivity index (χ1v) is 13.0. The van der Waals surface area contributed by atoms with Crippen molar-refractivity contribution in [2.45, 2.75) is 37.5 Å². The number of benzene rings is 1. The third-order valence-electron chi connectivity index (χ3n) is 6.75. The molecule has 1 aliphatic carbocycles. The van der Waals surface area contributed by atoms with Gasteiger partial charge in [-0.25, -0.2) is 4.72 Å². The first-order valence-electron chi connectivity index (χ1n) is 11.5. The van der Waals surface area contributed by atoms with Crippen LogP contribution in [0.1, 0.15) is 18.4 Å². The highest BCUT2D eigenvalue weighted by Gasteiger charge is 2.61. The Hall–Kier alpha value is -3.22. The molecule has 12 heteroatoms. The fourth-order valence-corrected chi connectivity index (χ4v) is 5.05. The van der Waals surface area contributed by atoms with E-state index < -0.39 is 33.6 Å². The van der Waals surface area contributed by atoms with Crippen LogP contribution in [0.3, 0.4) is 0 Å². The summed E-state index contributed by atoms with van der Waals surface area (Å²) in [7, 11) is 0.234. The van der Waals surface area contributed by atoms with Gasteiger partial charge in [-0.15, -0.1) is 6.58 Å². The highest BCUT2D eigenvalue weighted by Crippen LogP contribution is 2.45. The minimum atomic E-state index is -4.00. The molecule has 1 aromatic heterocycles. The number of pyridine rings is 1.